The zero-order valence-corrected chi connectivity index (χ0v) is 9.03. The monoisotopic (exact) mass is 210 g/mol. The molecule has 0 atom stereocenters. The highest BCUT2D eigenvalue weighted by Crippen LogP contribution is 2.26. The maximum absolute atomic E-state index is 3.40. The first kappa shape index (κ1) is 9.28. The first-order valence-corrected chi connectivity index (χ1v) is 5.61. The van der Waals surface area contributed by atoms with Crippen molar-refractivity contribution >= 4 is 11.4 Å². The molecule has 2 N–H and O–H groups in total. The zero-order chi connectivity index (χ0) is 10.8. The van der Waals surface area contributed by atoms with Gasteiger partial charge in [-0.2, -0.15) is 0 Å². The van der Waals surface area contributed by atoms with E-state index in [2.05, 4.69) is 34.9 Å². The Morgan fingerprint density at radius 3 is 3.06 bits per heavy atom. The first-order chi connectivity index (χ1) is 7.93. The van der Waals surface area contributed by atoms with Crippen LogP contribution in [0.1, 0.15) is 11.1 Å². The van der Waals surface area contributed by atoms with Crippen LogP contribution in [-0.4, -0.2) is 6.54 Å². The predicted molar refractivity (Wildman–Crippen MR) is 68.0 cm³/mol. The summed E-state index contributed by atoms with van der Waals surface area (Å²) in [5.41, 5.74) is 5.06. The van der Waals surface area contributed by atoms with Gasteiger partial charge in [0.05, 0.1) is 0 Å². The molecule has 2 aliphatic rings. The lowest BCUT2D eigenvalue weighted by atomic mass is 10.1. The van der Waals surface area contributed by atoms with Crippen LogP contribution in [0.25, 0.3) is 5.70 Å². The Morgan fingerprint density at radius 2 is 2.06 bits per heavy atom. The molecule has 0 unspecified atom stereocenters. The van der Waals surface area contributed by atoms with Gasteiger partial charge < -0.3 is 10.6 Å². The molecule has 3 rings (SSSR count). The third-order valence-corrected chi connectivity index (χ3v) is 2.95. The van der Waals surface area contributed by atoms with Crippen LogP contribution >= 0.6 is 0 Å². The molecule has 2 aliphatic heterocycles. The summed E-state index contributed by atoms with van der Waals surface area (Å²) in [6.07, 6.45) is 11.3. The van der Waals surface area contributed by atoms with Crippen molar-refractivity contribution in [2.75, 3.05) is 11.9 Å². The summed E-state index contributed by atoms with van der Waals surface area (Å²) in [5.74, 6) is 0. The van der Waals surface area contributed by atoms with Gasteiger partial charge >= 0.3 is 0 Å². The Hall–Kier alpha value is -1.96. The van der Waals surface area contributed by atoms with Crippen LogP contribution in [0.15, 0.2) is 48.7 Å². The van der Waals surface area contributed by atoms with E-state index >= 15 is 0 Å². The molecule has 1 aromatic carbocycles. The fourth-order valence-corrected chi connectivity index (χ4v) is 2.10. The molecule has 2 nitrogen and oxygen atoms in total. The summed E-state index contributed by atoms with van der Waals surface area (Å²) < 4.78 is 0. The lowest BCUT2D eigenvalue weighted by Gasteiger charge is -2.08. The second-order valence-electron chi connectivity index (χ2n) is 4.02. The third kappa shape index (κ3) is 1.63. The summed E-state index contributed by atoms with van der Waals surface area (Å²) in [4.78, 5) is 0. The van der Waals surface area contributed by atoms with Gasteiger partial charge in [0.15, 0.2) is 0 Å². The van der Waals surface area contributed by atoms with Crippen LogP contribution in [0.3, 0.4) is 0 Å². The Balaban J connectivity index is 1.98. The number of fused-ring (bicyclic) bond motifs is 1. The Kier molecular flexibility index (Phi) is 2.26. The molecular formula is C14H14N2. The first-order valence-electron chi connectivity index (χ1n) is 5.61. The van der Waals surface area contributed by atoms with Gasteiger partial charge in [-0.05, 0) is 35.8 Å². The van der Waals surface area contributed by atoms with Crippen molar-refractivity contribution in [1.29, 1.82) is 0 Å². The molecule has 0 aromatic heterocycles. The maximum Gasteiger partial charge on any atom is 0.0454 e. The van der Waals surface area contributed by atoms with Crippen LogP contribution in [0.2, 0.25) is 0 Å². The van der Waals surface area contributed by atoms with Crippen LogP contribution in [-0.2, 0) is 6.42 Å². The zero-order valence-electron chi connectivity index (χ0n) is 9.03. The number of hydrogen-bond acceptors (Lipinski definition) is 2. The summed E-state index contributed by atoms with van der Waals surface area (Å²) in [7, 11) is 0. The molecule has 2 heterocycles. The Labute approximate surface area is 95.4 Å². The van der Waals surface area contributed by atoms with E-state index in [-0.39, 0.29) is 0 Å². The summed E-state index contributed by atoms with van der Waals surface area (Å²) in [6, 6.07) is 6.61. The minimum atomic E-state index is 1.06. The van der Waals surface area contributed by atoms with E-state index in [0.29, 0.717) is 0 Å². The van der Waals surface area contributed by atoms with Crippen molar-refractivity contribution < 1.29 is 0 Å². The number of anilines is 1. The maximum atomic E-state index is 3.40. The van der Waals surface area contributed by atoms with Crippen LogP contribution < -0.4 is 10.6 Å². The average Bonchev–Trinajstić information content (AvgIpc) is 2.61. The fraction of sp³-hybridized carbons (Fsp3) is 0.143. The Bertz CT molecular complexity index is 495. The molecule has 2 heteroatoms. The number of hydrogen-bond donors (Lipinski definition) is 2. The molecule has 0 spiro atoms. The molecule has 0 saturated heterocycles. The molecule has 0 fully saturated rings. The van der Waals surface area contributed by atoms with Crippen molar-refractivity contribution in [3.63, 3.8) is 0 Å². The third-order valence-electron chi connectivity index (χ3n) is 2.95. The van der Waals surface area contributed by atoms with Gasteiger partial charge in [0.1, 0.15) is 0 Å². The second-order valence-corrected chi connectivity index (χ2v) is 4.02. The van der Waals surface area contributed by atoms with E-state index in [4.69, 9.17) is 0 Å². The van der Waals surface area contributed by atoms with E-state index in [0.717, 1.165) is 18.7 Å². The smallest absolute Gasteiger partial charge is 0.0454 e. The minimum absolute atomic E-state index is 1.06. The van der Waals surface area contributed by atoms with E-state index in [9.17, 15) is 0 Å². The highest BCUT2D eigenvalue weighted by molar-refractivity contribution is 5.72. The number of nitrogens with one attached hydrogen (secondary N) is 2. The summed E-state index contributed by atoms with van der Waals surface area (Å²) in [5, 5.41) is 6.68. The van der Waals surface area contributed by atoms with Crippen molar-refractivity contribution in [2.24, 2.45) is 0 Å². The lowest BCUT2D eigenvalue weighted by Crippen LogP contribution is -2.03. The van der Waals surface area contributed by atoms with Gasteiger partial charge in [0, 0.05) is 24.1 Å². The van der Waals surface area contributed by atoms with Gasteiger partial charge in [-0.25, -0.2) is 0 Å². The number of rotatable bonds is 1. The summed E-state index contributed by atoms with van der Waals surface area (Å²) in [6.45, 7) is 1.06. The summed E-state index contributed by atoms with van der Waals surface area (Å²) >= 11 is 0. The molecule has 80 valence electrons. The van der Waals surface area contributed by atoms with E-state index in [1.54, 1.807) is 0 Å². The van der Waals surface area contributed by atoms with Crippen LogP contribution in [0.5, 0.6) is 0 Å². The van der Waals surface area contributed by atoms with Gasteiger partial charge in [-0.3, -0.25) is 0 Å². The molecule has 0 saturated carbocycles. The van der Waals surface area contributed by atoms with Gasteiger partial charge in [-0.15, -0.1) is 0 Å². The van der Waals surface area contributed by atoms with Crippen molar-refractivity contribution in [3.8, 4) is 0 Å². The molecular weight excluding hydrogens is 196 g/mol. The molecule has 0 bridgehead atoms. The van der Waals surface area contributed by atoms with Gasteiger partial charge in [0.2, 0.25) is 0 Å². The van der Waals surface area contributed by atoms with E-state index < -0.39 is 0 Å². The average molecular weight is 210 g/mol. The van der Waals surface area contributed by atoms with Gasteiger partial charge in [0.25, 0.3) is 0 Å². The topological polar surface area (TPSA) is 24.1 Å². The SMILES string of the molecule is C1=CC=C(c2ccc3c(c2)NCC3)NC=C1. The van der Waals surface area contributed by atoms with Crippen LogP contribution in [0.4, 0.5) is 5.69 Å². The highest BCUT2D eigenvalue weighted by Gasteiger charge is 2.11. The number of benzene rings is 1. The quantitative estimate of drug-likeness (QED) is 0.744. The second kappa shape index (κ2) is 3.89. The van der Waals surface area contributed by atoms with E-state index in [1.807, 2.05) is 24.4 Å². The number of allylic oxidation sites excluding steroid dienone is 4. The van der Waals surface area contributed by atoms with Gasteiger partial charge in [-0.1, -0.05) is 24.3 Å². The largest absolute Gasteiger partial charge is 0.384 e. The minimum Gasteiger partial charge on any atom is -0.384 e. The normalized spacial score (nSPS) is 17.1. The standard InChI is InChI=1S/C14H14N2/c1-2-4-13(15-8-3-1)12-6-5-11-7-9-16-14(11)10-12/h1-6,8,10,15-16H,7,9H2. The highest BCUT2D eigenvalue weighted by atomic mass is 14.9. The lowest BCUT2D eigenvalue weighted by molar-refractivity contribution is 1.11. The molecule has 0 amide bonds. The van der Waals surface area contributed by atoms with Crippen molar-refractivity contribution in [2.45, 2.75) is 6.42 Å². The molecule has 1 aromatic rings. The Morgan fingerprint density at radius 1 is 1.06 bits per heavy atom. The fourth-order valence-electron chi connectivity index (χ4n) is 2.10. The van der Waals surface area contributed by atoms with E-state index in [1.165, 1.54) is 16.8 Å². The van der Waals surface area contributed by atoms with Crippen molar-refractivity contribution in [3.05, 3.63) is 59.8 Å². The molecule has 16 heavy (non-hydrogen) atoms. The molecule has 0 aliphatic carbocycles. The van der Waals surface area contributed by atoms with Crippen molar-refractivity contribution in [1.82, 2.24) is 5.32 Å². The van der Waals surface area contributed by atoms with Crippen LogP contribution in [0, 0.1) is 0 Å². The molecule has 0 radical (unpaired) electrons. The predicted octanol–water partition coefficient (Wildman–Crippen LogP) is 2.67.